The molecule has 2 rings (SSSR count). The molecule has 2 unspecified atom stereocenters. The zero-order valence-electron chi connectivity index (χ0n) is 13.9. The molecule has 1 aromatic rings. The van der Waals surface area contributed by atoms with E-state index < -0.39 is 4.92 Å². The van der Waals surface area contributed by atoms with E-state index in [0.29, 0.717) is 12.1 Å². The van der Waals surface area contributed by atoms with Crippen molar-refractivity contribution in [2.45, 2.75) is 32.6 Å². The second-order valence-electron chi connectivity index (χ2n) is 6.09. The summed E-state index contributed by atoms with van der Waals surface area (Å²) in [5, 5.41) is 13.8. The van der Waals surface area contributed by atoms with E-state index >= 15 is 0 Å². The first-order valence-electron chi connectivity index (χ1n) is 8.05. The number of hydrogen-bond acceptors (Lipinski definition) is 5. The van der Waals surface area contributed by atoms with Crippen molar-refractivity contribution in [2.75, 3.05) is 13.7 Å². The van der Waals surface area contributed by atoms with Crippen LogP contribution in [0.4, 0.5) is 5.69 Å². The minimum Gasteiger partial charge on any atom is -0.469 e. The highest BCUT2D eigenvalue weighted by Gasteiger charge is 2.32. The molecule has 7 heteroatoms. The van der Waals surface area contributed by atoms with Crippen LogP contribution in [0, 0.1) is 28.9 Å². The van der Waals surface area contributed by atoms with Gasteiger partial charge in [0.15, 0.2) is 0 Å². The second kappa shape index (κ2) is 7.90. The number of carbonyl (C=O) groups excluding carboxylic acids is 2. The average Bonchev–Trinajstić information content (AvgIpc) is 2.59. The molecule has 1 aliphatic rings. The molecular formula is C17H22N2O5. The van der Waals surface area contributed by atoms with Gasteiger partial charge in [0.05, 0.1) is 18.0 Å². The van der Waals surface area contributed by atoms with Crippen LogP contribution in [-0.2, 0) is 9.53 Å². The van der Waals surface area contributed by atoms with E-state index in [2.05, 4.69) is 5.32 Å². The first kappa shape index (κ1) is 17.9. The monoisotopic (exact) mass is 334 g/mol. The van der Waals surface area contributed by atoms with Crippen molar-refractivity contribution >= 4 is 17.6 Å². The molecule has 2 atom stereocenters. The molecule has 0 saturated heterocycles. The lowest BCUT2D eigenvalue weighted by molar-refractivity contribution is -0.385. The zero-order valence-corrected chi connectivity index (χ0v) is 13.9. The maximum Gasteiger partial charge on any atom is 0.309 e. The van der Waals surface area contributed by atoms with Crippen molar-refractivity contribution in [3.05, 3.63) is 39.4 Å². The highest BCUT2D eigenvalue weighted by Crippen LogP contribution is 2.30. The van der Waals surface area contributed by atoms with Gasteiger partial charge in [-0.1, -0.05) is 18.9 Å². The third-order valence-electron chi connectivity index (χ3n) is 4.68. The van der Waals surface area contributed by atoms with Gasteiger partial charge in [0.1, 0.15) is 0 Å². The van der Waals surface area contributed by atoms with Gasteiger partial charge in [-0.05, 0) is 31.7 Å². The number of amides is 1. The lowest BCUT2D eigenvalue weighted by Gasteiger charge is -2.29. The summed E-state index contributed by atoms with van der Waals surface area (Å²) in [6.07, 6.45) is 3.62. The molecular weight excluding hydrogens is 312 g/mol. The van der Waals surface area contributed by atoms with Crippen molar-refractivity contribution in [2.24, 2.45) is 11.8 Å². The highest BCUT2D eigenvalue weighted by atomic mass is 16.6. The van der Waals surface area contributed by atoms with E-state index in [4.69, 9.17) is 4.74 Å². The molecule has 7 nitrogen and oxygen atoms in total. The van der Waals surface area contributed by atoms with Crippen LogP contribution in [0.3, 0.4) is 0 Å². The Morgan fingerprint density at radius 2 is 2.04 bits per heavy atom. The van der Waals surface area contributed by atoms with Gasteiger partial charge in [-0.25, -0.2) is 0 Å². The number of carbonyl (C=O) groups is 2. The van der Waals surface area contributed by atoms with Crippen LogP contribution in [0.15, 0.2) is 18.2 Å². The molecule has 1 amide bonds. The van der Waals surface area contributed by atoms with Crippen LogP contribution < -0.4 is 5.32 Å². The molecule has 24 heavy (non-hydrogen) atoms. The van der Waals surface area contributed by atoms with Gasteiger partial charge >= 0.3 is 5.97 Å². The maximum absolute atomic E-state index is 12.4. The van der Waals surface area contributed by atoms with E-state index in [0.717, 1.165) is 25.7 Å². The Bertz CT molecular complexity index is 644. The number of nitrogens with one attached hydrogen (secondary N) is 1. The number of nitro groups is 1. The number of ether oxygens (including phenoxy) is 1. The first-order valence-corrected chi connectivity index (χ1v) is 8.05. The van der Waals surface area contributed by atoms with Crippen LogP contribution in [0.25, 0.3) is 0 Å². The van der Waals surface area contributed by atoms with Gasteiger partial charge in [0.25, 0.3) is 11.6 Å². The Morgan fingerprint density at radius 1 is 1.33 bits per heavy atom. The maximum atomic E-state index is 12.4. The predicted molar refractivity (Wildman–Crippen MR) is 87.6 cm³/mol. The number of rotatable bonds is 5. The van der Waals surface area contributed by atoms with Crippen molar-refractivity contribution in [1.29, 1.82) is 0 Å². The summed E-state index contributed by atoms with van der Waals surface area (Å²) < 4.78 is 4.85. The molecule has 130 valence electrons. The summed E-state index contributed by atoms with van der Waals surface area (Å²) in [7, 11) is 1.37. The van der Waals surface area contributed by atoms with Gasteiger partial charge in [0.2, 0.25) is 0 Å². The largest absolute Gasteiger partial charge is 0.469 e. The van der Waals surface area contributed by atoms with E-state index in [9.17, 15) is 19.7 Å². The Balaban J connectivity index is 2.06. The molecule has 1 N–H and O–H groups in total. The van der Waals surface area contributed by atoms with E-state index in [1.54, 1.807) is 13.0 Å². The van der Waals surface area contributed by atoms with Gasteiger partial charge in [0, 0.05) is 23.7 Å². The molecule has 0 aliphatic heterocycles. The smallest absolute Gasteiger partial charge is 0.309 e. The summed E-state index contributed by atoms with van der Waals surface area (Å²) in [4.78, 5) is 34.7. The number of esters is 1. The number of nitrogens with zero attached hydrogens (tertiary/aromatic N) is 1. The Kier molecular flexibility index (Phi) is 5.89. The average molecular weight is 334 g/mol. The van der Waals surface area contributed by atoms with Gasteiger partial charge in [-0.2, -0.15) is 0 Å². The van der Waals surface area contributed by atoms with Crippen LogP contribution >= 0.6 is 0 Å². The minimum absolute atomic E-state index is 0.0363. The minimum atomic E-state index is -0.499. The molecule has 1 aliphatic carbocycles. The van der Waals surface area contributed by atoms with Gasteiger partial charge < -0.3 is 10.1 Å². The second-order valence-corrected chi connectivity index (χ2v) is 6.09. The summed E-state index contributed by atoms with van der Waals surface area (Å²) in [6, 6.07) is 4.44. The SMILES string of the molecule is COC(=O)C1CCCCC1CNC(=O)c1cccc([N+](=O)[O-])c1C. The fourth-order valence-corrected chi connectivity index (χ4v) is 3.30. The summed E-state index contributed by atoms with van der Waals surface area (Å²) >= 11 is 0. The molecule has 0 bridgehead atoms. The van der Waals surface area contributed by atoms with E-state index in [-0.39, 0.29) is 35.0 Å². The number of benzene rings is 1. The number of nitro benzene ring substituents is 1. The normalized spacial score (nSPS) is 20.2. The lowest BCUT2D eigenvalue weighted by atomic mass is 9.79. The zero-order chi connectivity index (χ0) is 17.7. The quantitative estimate of drug-likeness (QED) is 0.507. The van der Waals surface area contributed by atoms with Crippen molar-refractivity contribution < 1.29 is 19.2 Å². The fourth-order valence-electron chi connectivity index (χ4n) is 3.30. The standard InChI is InChI=1S/C17H22N2O5/c1-11-13(8-5-9-15(11)19(22)23)16(20)18-10-12-6-3-4-7-14(12)17(21)24-2/h5,8-9,12,14H,3-4,6-7,10H2,1-2H3,(H,18,20). The van der Waals surface area contributed by atoms with Crippen LogP contribution in [0.1, 0.15) is 41.6 Å². The topological polar surface area (TPSA) is 98.5 Å². The molecule has 0 spiro atoms. The summed E-state index contributed by atoms with van der Waals surface area (Å²) in [5.41, 5.74) is 0.551. The van der Waals surface area contributed by atoms with Crippen molar-refractivity contribution in [3.63, 3.8) is 0 Å². The van der Waals surface area contributed by atoms with Crippen LogP contribution in [0.5, 0.6) is 0 Å². The third kappa shape index (κ3) is 3.90. The molecule has 0 heterocycles. The molecule has 0 radical (unpaired) electrons. The van der Waals surface area contributed by atoms with Crippen LogP contribution in [-0.4, -0.2) is 30.5 Å². The fraction of sp³-hybridized carbons (Fsp3) is 0.529. The molecule has 1 saturated carbocycles. The van der Waals surface area contributed by atoms with Gasteiger partial charge in [-0.3, -0.25) is 19.7 Å². The molecule has 1 aromatic carbocycles. The summed E-state index contributed by atoms with van der Waals surface area (Å²) in [5.74, 6) is -0.754. The lowest BCUT2D eigenvalue weighted by Crippen LogP contribution is -2.37. The van der Waals surface area contributed by atoms with E-state index in [1.165, 1.54) is 19.2 Å². The third-order valence-corrected chi connectivity index (χ3v) is 4.68. The van der Waals surface area contributed by atoms with Crippen LogP contribution in [0.2, 0.25) is 0 Å². The number of methoxy groups -OCH3 is 1. The Hall–Kier alpha value is -2.44. The molecule has 1 fully saturated rings. The Labute approximate surface area is 140 Å². The van der Waals surface area contributed by atoms with Crippen molar-refractivity contribution in [1.82, 2.24) is 5.32 Å². The Morgan fingerprint density at radius 3 is 2.71 bits per heavy atom. The predicted octanol–water partition coefficient (Wildman–Crippen LogP) is 2.61. The molecule has 0 aromatic heterocycles. The number of hydrogen-bond donors (Lipinski definition) is 1. The highest BCUT2D eigenvalue weighted by molar-refractivity contribution is 5.96. The van der Waals surface area contributed by atoms with Crippen molar-refractivity contribution in [3.8, 4) is 0 Å². The first-order chi connectivity index (χ1) is 11.5. The van der Waals surface area contributed by atoms with Gasteiger partial charge in [-0.15, -0.1) is 0 Å². The summed E-state index contributed by atoms with van der Waals surface area (Å²) in [6.45, 7) is 1.92. The van der Waals surface area contributed by atoms with E-state index in [1.807, 2.05) is 0 Å².